The molecule has 2 N–H and O–H groups in total. The first kappa shape index (κ1) is 13.4. The number of pyridine rings is 1. The van der Waals surface area contributed by atoms with Crippen LogP contribution in [0.5, 0.6) is 0 Å². The van der Waals surface area contributed by atoms with E-state index in [4.69, 9.17) is 4.98 Å². The highest BCUT2D eigenvalue weighted by molar-refractivity contribution is 7.13. The van der Waals surface area contributed by atoms with Crippen LogP contribution >= 0.6 is 11.3 Å². The second-order valence-electron chi connectivity index (χ2n) is 5.53. The molecule has 1 aromatic carbocycles. The van der Waals surface area contributed by atoms with Crippen LogP contribution in [0.3, 0.4) is 0 Å². The fourth-order valence-electron chi connectivity index (χ4n) is 2.96. The van der Waals surface area contributed by atoms with Gasteiger partial charge in [0.1, 0.15) is 16.5 Å². The lowest BCUT2D eigenvalue weighted by Crippen LogP contribution is -1.79. The van der Waals surface area contributed by atoms with E-state index in [1.54, 1.807) is 23.6 Å². The minimum Gasteiger partial charge on any atom is -0.360 e. The molecule has 5 rings (SSSR count). The number of aromatic nitrogens is 4. The minimum atomic E-state index is -0.247. The molecule has 6 heteroatoms. The summed E-state index contributed by atoms with van der Waals surface area (Å²) in [6.45, 7) is 0. The number of nitrogens with zero attached hydrogens (tertiary/aromatic N) is 2. The predicted molar refractivity (Wildman–Crippen MR) is 94.5 cm³/mol. The smallest absolute Gasteiger partial charge is 0.137 e. The van der Waals surface area contributed by atoms with Gasteiger partial charge >= 0.3 is 0 Å². The second kappa shape index (κ2) is 5.01. The molecule has 0 aliphatic carbocycles. The topological polar surface area (TPSA) is 57.4 Å². The van der Waals surface area contributed by atoms with Crippen LogP contribution in [-0.4, -0.2) is 19.9 Å². The van der Waals surface area contributed by atoms with Gasteiger partial charge in [0.25, 0.3) is 0 Å². The zero-order valence-electron chi connectivity index (χ0n) is 12.4. The van der Waals surface area contributed by atoms with Gasteiger partial charge in [-0.05, 0) is 30.3 Å². The SMILES string of the molecule is Fc1ccc2[nH]cc(-c3nc(-c4c[nH]c5ncccc45)cs3)c2c1. The Hall–Kier alpha value is -2.99. The molecule has 0 radical (unpaired) electrons. The molecule has 0 atom stereocenters. The van der Waals surface area contributed by atoms with Gasteiger partial charge in [-0.3, -0.25) is 0 Å². The Kier molecular flexibility index (Phi) is 2.80. The first-order valence-corrected chi connectivity index (χ1v) is 8.32. The van der Waals surface area contributed by atoms with E-state index in [1.807, 2.05) is 29.9 Å². The number of hydrogen-bond donors (Lipinski definition) is 2. The number of benzene rings is 1. The summed E-state index contributed by atoms with van der Waals surface area (Å²) in [5.74, 6) is -0.247. The monoisotopic (exact) mass is 334 g/mol. The van der Waals surface area contributed by atoms with E-state index in [0.717, 1.165) is 43.8 Å². The van der Waals surface area contributed by atoms with Crippen molar-refractivity contribution in [1.82, 2.24) is 19.9 Å². The zero-order valence-corrected chi connectivity index (χ0v) is 13.2. The van der Waals surface area contributed by atoms with Crippen LogP contribution in [-0.2, 0) is 0 Å². The van der Waals surface area contributed by atoms with E-state index in [-0.39, 0.29) is 5.82 Å². The quantitative estimate of drug-likeness (QED) is 0.479. The van der Waals surface area contributed by atoms with Crippen molar-refractivity contribution in [3.63, 3.8) is 0 Å². The number of rotatable bonds is 2. The van der Waals surface area contributed by atoms with E-state index < -0.39 is 0 Å². The van der Waals surface area contributed by atoms with Crippen LogP contribution in [0, 0.1) is 5.82 Å². The van der Waals surface area contributed by atoms with E-state index in [9.17, 15) is 4.39 Å². The van der Waals surface area contributed by atoms with Crippen molar-refractivity contribution in [3.8, 4) is 21.8 Å². The average Bonchev–Trinajstić information content (AvgIpc) is 3.31. The van der Waals surface area contributed by atoms with Gasteiger partial charge in [0.05, 0.1) is 5.69 Å². The predicted octanol–water partition coefficient (Wildman–Crippen LogP) is 4.97. The third-order valence-corrected chi connectivity index (χ3v) is 4.98. The van der Waals surface area contributed by atoms with Crippen molar-refractivity contribution in [2.45, 2.75) is 0 Å². The molecule has 0 aliphatic rings. The maximum Gasteiger partial charge on any atom is 0.137 e. The molecule has 24 heavy (non-hydrogen) atoms. The molecule has 4 heterocycles. The molecular weight excluding hydrogens is 323 g/mol. The summed E-state index contributed by atoms with van der Waals surface area (Å²) in [5.41, 5.74) is 4.57. The number of thiazole rings is 1. The van der Waals surface area contributed by atoms with Crippen molar-refractivity contribution in [2.24, 2.45) is 0 Å². The largest absolute Gasteiger partial charge is 0.360 e. The molecule has 116 valence electrons. The maximum atomic E-state index is 13.6. The van der Waals surface area contributed by atoms with Crippen LogP contribution in [0.4, 0.5) is 4.39 Å². The number of nitrogens with one attached hydrogen (secondary N) is 2. The molecule has 0 saturated carbocycles. The average molecular weight is 334 g/mol. The maximum absolute atomic E-state index is 13.6. The van der Waals surface area contributed by atoms with Crippen molar-refractivity contribution < 1.29 is 4.39 Å². The highest BCUT2D eigenvalue weighted by Gasteiger charge is 2.14. The summed E-state index contributed by atoms with van der Waals surface area (Å²) >= 11 is 1.55. The third kappa shape index (κ3) is 1.97. The van der Waals surface area contributed by atoms with Crippen LogP contribution in [0.25, 0.3) is 43.8 Å². The molecule has 0 amide bonds. The van der Waals surface area contributed by atoms with E-state index in [0.29, 0.717) is 0 Å². The number of fused-ring (bicyclic) bond motifs is 2. The van der Waals surface area contributed by atoms with Gasteiger partial charge in [-0.25, -0.2) is 14.4 Å². The molecule has 0 bridgehead atoms. The fraction of sp³-hybridized carbons (Fsp3) is 0. The Bertz CT molecular complexity index is 1180. The zero-order chi connectivity index (χ0) is 16.1. The molecule has 0 aliphatic heterocycles. The summed E-state index contributed by atoms with van der Waals surface area (Å²) in [5, 5.41) is 4.76. The van der Waals surface area contributed by atoms with Gasteiger partial charge in [-0.15, -0.1) is 11.3 Å². The third-order valence-electron chi connectivity index (χ3n) is 4.11. The van der Waals surface area contributed by atoms with Gasteiger partial charge < -0.3 is 9.97 Å². The second-order valence-corrected chi connectivity index (χ2v) is 6.39. The van der Waals surface area contributed by atoms with Gasteiger partial charge in [0.15, 0.2) is 0 Å². The molecule has 0 spiro atoms. The molecule has 0 unspecified atom stereocenters. The summed E-state index contributed by atoms with van der Waals surface area (Å²) in [7, 11) is 0. The lowest BCUT2D eigenvalue weighted by atomic mass is 10.1. The van der Waals surface area contributed by atoms with Gasteiger partial charge in [-0.1, -0.05) is 0 Å². The van der Waals surface area contributed by atoms with E-state index in [2.05, 4.69) is 15.0 Å². The molecule has 4 aromatic heterocycles. The minimum absolute atomic E-state index is 0.247. The lowest BCUT2D eigenvalue weighted by Gasteiger charge is -1.95. The summed E-state index contributed by atoms with van der Waals surface area (Å²) in [6.07, 6.45) is 5.56. The van der Waals surface area contributed by atoms with Crippen molar-refractivity contribution in [2.75, 3.05) is 0 Å². The Balaban J connectivity index is 1.65. The number of aromatic amines is 2. The Morgan fingerprint density at radius 1 is 1.00 bits per heavy atom. The summed E-state index contributed by atoms with van der Waals surface area (Å²) < 4.78 is 13.6. The van der Waals surface area contributed by atoms with Crippen LogP contribution < -0.4 is 0 Å². The van der Waals surface area contributed by atoms with Crippen molar-refractivity contribution in [1.29, 1.82) is 0 Å². The van der Waals surface area contributed by atoms with E-state index in [1.165, 1.54) is 12.1 Å². The summed E-state index contributed by atoms with van der Waals surface area (Å²) in [4.78, 5) is 15.4. The van der Waals surface area contributed by atoms with Gasteiger partial charge in [0, 0.05) is 51.4 Å². The lowest BCUT2D eigenvalue weighted by molar-refractivity contribution is 0.630. The Morgan fingerprint density at radius 2 is 1.92 bits per heavy atom. The Labute approximate surface area is 140 Å². The standard InChI is InChI=1S/C18H11FN4S/c19-10-3-4-15-12(6-10)14(8-21-15)18-23-16(9-24-18)13-7-22-17-11(13)2-1-5-20-17/h1-9,21H,(H,20,22). The van der Waals surface area contributed by atoms with Crippen molar-refractivity contribution >= 4 is 33.3 Å². The van der Waals surface area contributed by atoms with Gasteiger partial charge in [-0.2, -0.15) is 0 Å². The molecule has 0 saturated heterocycles. The molecule has 5 aromatic rings. The number of hydrogen-bond acceptors (Lipinski definition) is 3. The first-order chi connectivity index (χ1) is 11.8. The van der Waals surface area contributed by atoms with Crippen molar-refractivity contribution in [3.05, 3.63) is 60.1 Å². The molecule has 4 nitrogen and oxygen atoms in total. The first-order valence-electron chi connectivity index (χ1n) is 7.44. The molecule has 0 fully saturated rings. The highest BCUT2D eigenvalue weighted by Crippen LogP contribution is 2.35. The van der Waals surface area contributed by atoms with Crippen LogP contribution in [0.2, 0.25) is 0 Å². The number of H-pyrrole nitrogens is 2. The Morgan fingerprint density at radius 3 is 2.88 bits per heavy atom. The summed E-state index contributed by atoms with van der Waals surface area (Å²) in [6, 6.07) is 8.67. The van der Waals surface area contributed by atoms with Gasteiger partial charge in [0.2, 0.25) is 0 Å². The number of halogens is 1. The van der Waals surface area contributed by atoms with E-state index >= 15 is 0 Å². The van der Waals surface area contributed by atoms with Crippen LogP contribution in [0.1, 0.15) is 0 Å². The molecular formula is C18H11FN4S. The fourth-order valence-corrected chi connectivity index (χ4v) is 3.81. The highest BCUT2D eigenvalue weighted by atomic mass is 32.1. The van der Waals surface area contributed by atoms with Crippen LogP contribution in [0.15, 0.2) is 54.3 Å². The normalized spacial score (nSPS) is 11.5.